The third kappa shape index (κ3) is 2.50. The van der Waals surface area contributed by atoms with Crippen molar-refractivity contribution in [1.82, 2.24) is 14.8 Å². The number of anilines is 1. The fourth-order valence-electron chi connectivity index (χ4n) is 2.31. The molecule has 0 aliphatic heterocycles. The maximum absolute atomic E-state index is 12.3. The third-order valence-electron chi connectivity index (χ3n) is 3.47. The van der Waals surface area contributed by atoms with Gasteiger partial charge in [-0.2, -0.15) is 5.10 Å². The number of aryl methyl sites for hydroxylation is 2. The zero-order valence-corrected chi connectivity index (χ0v) is 12.6. The fourth-order valence-corrected chi connectivity index (χ4v) is 2.31. The van der Waals surface area contributed by atoms with E-state index in [2.05, 4.69) is 15.4 Å². The highest BCUT2D eigenvalue weighted by Gasteiger charge is 2.12. The van der Waals surface area contributed by atoms with Gasteiger partial charge in [0.25, 0.3) is 5.91 Å². The summed E-state index contributed by atoms with van der Waals surface area (Å²) in [5, 5.41) is 8.02. The van der Waals surface area contributed by atoms with Gasteiger partial charge in [-0.3, -0.25) is 9.48 Å². The number of aromatic nitrogens is 3. The Morgan fingerprint density at radius 2 is 2.00 bits per heavy atom. The summed E-state index contributed by atoms with van der Waals surface area (Å²) >= 11 is 0. The molecule has 2 heterocycles. The van der Waals surface area contributed by atoms with Crippen molar-refractivity contribution in [1.29, 1.82) is 0 Å². The second-order valence-electron chi connectivity index (χ2n) is 4.99. The van der Waals surface area contributed by atoms with E-state index in [9.17, 15) is 4.79 Å². The highest BCUT2D eigenvalue weighted by Crippen LogP contribution is 2.19. The van der Waals surface area contributed by atoms with E-state index in [0.29, 0.717) is 11.3 Å². The van der Waals surface area contributed by atoms with Crippen molar-refractivity contribution in [2.75, 3.05) is 12.4 Å². The summed E-state index contributed by atoms with van der Waals surface area (Å²) in [5.74, 6) is 0.537. The average Bonchev–Trinajstić information content (AvgIpc) is 2.82. The van der Waals surface area contributed by atoms with E-state index in [-0.39, 0.29) is 5.91 Å². The van der Waals surface area contributed by atoms with Gasteiger partial charge in [0.05, 0.1) is 18.4 Å². The second kappa shape index (κ2) is 5.48. The van der Waals surface area contributed by atoms with Gasteiger partial charge >= 0.3 is 0 Å². The van der Waals surface area contributed by atoms with Crippen molar-refractivity contribution < 1.29 is 9.53 Å². The van der Waals surface area contributed by atoms with Gasteiger partial charge in [-0.1, -0.05) is 0 Å². The summed E-state index contributed by atoms with van der Waals surface area (Å²) in [5.41, 5.74) is 2.82. The number of fused-ring (bicyclic) bond motifs is 1. The molecule has 0 unspecified atom stereocenters. The van der Waals surface area contributed by atoms with Crippen LogP contribution in [-0.4, -0.2) is 27.8 Å². The summed E-state index contributed by atoms with van der Waals surface area (Å²) in [6, 6.07) is 8.98. The van der Waals surface area contributed by atoms with Crippen LogP contribution in [0.1, 0.15) is 16.1 Å². The number of carbonyl (C=O) groups is 1. The van der Waals surface area contributed by atoms with Crippen molar-refractivity contribution in [3.05, 3.63) is 47.8 Å². The molecular weight excluding hydrogens is 280 g/mol. The first-order chi connectivity index (χ1) is 10.6. The van der Waals surface area contributed by atoms with Crippen LogP contribution in [0.25, 0.3) is 11.0 Å². The molecule has 0 aliphatic carbocycles. The predicted molar refractivity (Wildman–Crippen MR) is 84.2 cm³/mol. The summed E-state index contributed by atoms with van der Waals surface area (Å²) < 4.78 is 6.79. The number of hydrogen-bond donors (Lipinski definition) is 1. The van der Waals surface area contributed by atoms with Crippen LogP contribution in [0.15, 0.2) is 36.5 Å². The van der Waals surface area contributed by atoms with Crippen molar-refractivity contribution in [3.8, 4) is 5.75 Å². The SMILES string of the molecule is COc1ccc(NC(=O)c2cnc3c(c2)c(C)nn3C)cc1. The van der Waals surface area contributed by atoms with Gasteiger partial charge in [0.1, 0.15) is 5.75 Å². The zero-order chi connectivity index (χ0) is 15.7. The first-order valence-electron chi connectivity index (χ1n) is 6.83. The Morgan fingerprint density at radius 1 is 1.27 bits per heavy atom. The zero-order valence-electron chi connectivity index (χ0n) is 12.6. The van der Waals surface area contributed by atoms with Crippen LogP contribution in [0.5, 0.6) is 5.75 Å². The minimum Gasteiger partial charge on any atom is -0.497 e. The molecule has 3 rings (SSSR count). The smallest absolute Gasteiger partial charge is 0.257 e. The largest absolute Gasteiger partial charge is 0.497 e. The molecule has 6 heteroatoms. The van der Waals surface area contributed by atoms with Crippen LogP contribution in [0, 0.1) is 6.92 Å². The average molecular weight is 296 g/mol. The lowest BCUT2D eigenvalue weighted by atomic mass is 10.2. The second-order valence-corrected chi connectivity index (χ2v) is 4.99. The quantitative estimate of drug-likeness (QED) is 0.806. The van der Waals surface area contributed by atoms with E-state index in [1.165, 1.54) is 0 Å². The Kier molecular flexibility index (Phi) is 3.50. The van der Waals surface area contributed by atoms with Crippen molar-refractivity contribution in [3.63, 3.8) is 0 Å². The maximum atomic E-state index is 12.3. The molecule has 22 heavy (non-hydrogen) atoms. The molecule has 0 saturated carbocycles. The Labute approximate surface area is 127 Å². The van der Waals surface area contributed by atoms with Crippen LogP contribution in [0.4, 0.5) is 5.69 Å². The summed E-state index contributed by atoms with van der Waals surface area (Å²) in [4.78, 5) is 16.6. The number of hydrogen-bond acceptors (Lipinski definition) is 4. The Morgan fingerprint density at radius 3 is 2.68 bits per heavy atom. The van der Waals surface area contributed by atoms with E-state index in [1.807, 2.05) is 20.0 Å². The molecule has 0 saturated heterocycles. The van der Waals surface area contributed by atoms with E-state index < -0.39 is 0 Å². The van der Waals surface area contributed by atoms with Gasteiger partial charge in [-0.15, -0.1) is 0 Å². The van der Waals surface area contributed by atoms with Crippen molar-refractivity contribution >= 4 is 22.6 Å². The number of nitrogens with one attached hydrogen (secondary N) is 1. The summed E-state index contributed by atoms with van der Waals surface area (Å²) in [6.07, 6.45) is 1.56. The summed E-state index contributed by atoms with van der Waals surface area (Å²) in [7, 11) is 3.43. The molecule has 0 atom stereocenters. The highest BCUT2D eigenvalue weighted by atomic mass is 16.5. The molecule has 1 amide bonds. The maximum Gasteiger partial charge on any atom is 0.257 e. The number of pyridine rings is 1. The van der Waals surface area contributed by atoms with Gasteiger partial charge in [0.2, 0.25) is 0 Å². The predicted octanol–water partition coefficient (Wildman–Crippen LogP) is 2.54. The molecule has 1 aromatic carbocycles. The number of rotatable bonds is 3. The molecule has 0 bridgehead atoms. The third-order valence-corrected chi connectivity index (χ3v) is 3.47. The molecule has 6 nitrogen and oxygen atoms in total. The van der Waals surface area contributed by atoms with Gasteiger partial charge in [0, 0.05) is 24.3 Å². The highest BCUT2D eigenvalue weighted by molar-refractivity contribution is 6.05. The molecule has 0 radical (unpaired) electrons. The lowest BCUT2D eigenvalue weighted by Gasteiger charge is -2.06. The number of carbonyl (C=O) groups excluding carboxylic acids is 1. The number of benzene rings is 1. The van der Waals surface area contributed by atoms with Crippen LogP contribution >= 0.6 is 0 Å². The normalized spacial score (nSPS) is 10.7. The molecular formula is C16H16N4O2. The first-order valence-corrected chi connectivity index (χ1v) is 6.83. The van der Waals surface area contributed by atoms with Crippen molar-refractivity contribution in [2.24, 2.45) is 7.05 Å². The first kappa shape index (κ1) is 14.1. The molecule has 0 fully saturated rings. The molecule has 1 N–H and O–H groups in total. The molecule has 0 spiro atoms. The van der Waals surface area contributed by atoms with Gasteiger partial charge < -0.3 is 10.1 Å². The van der Waals surface area contributed by atoms with E-state index in [4.69, 9.17) is 4.74 Å². The minimum absolute atomic E-state index is 0.206. The fraction of sp³-hybridized carbons (Fsp3) is 0.188. The van der Waals surface area contributed by atoms with Gasteiger partial charge in [-0.05, 0) is 37.3 Å². The lowest BCUT2D eigenvalue weighted by molar-refractivity contribution is 0.102. The monoisotopic (exact) mass is 296 g/mol. The number of amides is 1. The van der Waals surface area contributed by atoms with Crippen LogP contribution in [-0.2, 0) is 7.05 Å². The standard InChI is InChI=1S/C16H16N4O2/c1-10-14-8-11(9-17-15(14)20(2)19-10)16(21)18-12-4-6-13(22-3)7-5-12/h4-9H,1-3H3,(H,18,21). The summed E-state index contributed by atoms with van der Waals surface area (Å²) in [6.45, 7) is 1.90. The van der Waals surface area contributed by atoms with Gasteiger partial charge in [0.15, 0.2) is 5.65 Å². The lowest BCUT2D eigenvalue weighted by Crippen LogP contribution is -2.12. The molecule has 112 valence electrons. The number of methoxy groups -OCH3 is 1. The minimum atomic E-state index is -0.206. The Balaban J connectivity index is 1.86. The topological polar surface area (TPSA) is 69.0 Å². The van der Waals surface area contributed by atoms with Crippen LogP contribution in [0.3, 0.4) is 0 Å². The van der Waals surface area contributed by atoms with E-state index in [1.54, 1.807) is 42.3 Å². The van der Waals surface area contributed by atoms with E-state index in [0.717, 1.165) is 22.5 Å². The van der Waals surface area contributed by atoms with Crippen molar-refractivity contribution in [2.45, 2.75) is 6.92 Å². The Hall–Kier alpha value is -2.89. The van der Waals surface area contributed by atoms with E-state index >= 15 is 0 Å². The molecule has 2 aromatic heterocycles. The van der Waals surface area contributed by atoms with Crippen LogP contribution in [0.2, 0.25) is 0 Å². The number of ether oxygens (including phenoxy) is 1. The molecule has 0 aliphatic rings. The van der Waals surface area contributed by atoms with Gasteiger partial charge in [-0.25, -0.2) is 4.98 Å². The Bertz CT molecular complexity index is 837. The number of nitrogens with zero attached hydrogens (tertiary/aromatic N) is 3. The van der Waals surface area contributed by atoms with Crippen LogP contribution < -0.4 is 10.1 Å². The molecule has 3 aromatic rings.